The van der Waals surface area contributed by atoms with E-state index in [4.69, 9.17) is 14.2 Å². The summed E-state index contributed by atoms with van der Waals surface area (Å²) in [5.74, 6) is -7.72. The average Bonchev–Trinajstić information content (AvgIpc) is 3.19. The molecule has 4 aliphatic heterocycles. The fourth-order valence-corrected chi connectivity index (χ4v) is 9.22. The average molecular weight is 511 g/mol. The van der Waals surface area contributed by atoms with E-state index in [0.29, 0.717) is 6.42 Å². The molecule has 1 saturated carbocycles. The Balaban J connectivity index is 1.50. The van der Waals surface area contributed by atoms with Crippen LogP contribution in [0.1, 0.15) is 52.9 Å². The van der Waals surface area contributed by atoms with Crippen molar-refractivity contribution in [2.24, 2.45) is 28.6 Å². The molecule has 0 aromatic rings. The van der Waals surface area contributed by atoms with Gasteiger partial charge in [0.2, 0.25) is 5.79 Å². The van der Waals surface area contributed by atoms with Crippen LogP contribution in [0.2, 0.25) is 0 Å². The Kier molecular flexibility index (Phi) is 4.02. The van der Waals surface area contributed by atoms with E-state index in [2.05, 4.69) is 6.58 Å². The summed E-state index contributed by atoms with van der Waals surface area (Å²) in [7, 11) is 0. The van der Waals surface area contributed by atoms with Crippen molar-refractivity contribution in [1.29, 1.82) is 0 Å². The summed E-state index contributed by atoms with van der Waals surface area (Å²) in [5.41, 5.74) is -7.44. The van der Waals surface area contributed by atoms with Crippen LogP contribution in [0, 0.1) is 28.6 Å². The van der Waals surface area contributed by atoms with Crippen molar-refractivity contribution in [1.82, 2.24) is 0 Å². The van der Waals surface area contributed by atoms with Gasteiger partial charge in [0, 0.05) is 16.9 Å². The summed E-state index contributed by atoms with van der Waals surface area (Å²) >= 11 is 0. The molecule has 2 N–H and O–H groups in total. The number of carbonyl (C=O) groups is 4. The van der Waals surface area contributed by atoms with Crippen molar-refractivity contribution in [3.63, 3.8) is 0 Å². The lowest BCUT2D eigenvalue weighted by Gasteiger charge is -2.60. The van der Waals surface area contributed by atoms with Crippen LogP contribution in [0.5, 0.6) is 0 Å². The number of esters is 2. The fraction of sp³-hybridized carbons (Fsp3) is 0.643. The van der Waals surface area contributed by atoms with Gasteiger partial charge in [-0.3, -0.25) is 9.59 Å². The van der Waals surface area contributed by atoms with Gasteiger partial charge in [-0.1, -0.05) is 31.2 Å². The molecule has 7 aliphatic rings. The first-order valence-corrected chi connectivity index (χ1v) is 13.0. The van der Waals surface area contributed by atoms with E-state index >= 15 is 0 Å². The third-order valence-electron chi connectivity index (χ3n) is 11.3. The number of ether oxygens (including phenoxy) is 3. The number of aliphatic hydroxyl groups is 2. The maximum absolute atomic E-state index is 14.5. The molecular weight excluding hydrogens is 480 g/mol. The predicted molar refractivity (Wildman–Crippen MR) is 124 cm³/mol. The van der Waals surface area contributed by atoms with Crippen molar-refractivity contribution in [3.8, 4) is 0 Å². The third kappa shape index (κ3) is 2.12. The Morgan fingerprint density at radius 1 is 1.08 bits per heavy atom. The van der Waals surface area contributed by atoms with Crippen molar-refractivity contribution >= 4 is 23.5 Å². The smallest absolute Gasteiger partial charge is 0.342 e. The lowest BCUT2D eigenvalue weighted by molar-refractivity contribution is -0.339. The topological polar surface area (TPSA) is 136 Å². The van der Waals surface area contributed by atoms with Gasteiger partial charge in [-0.15, -0.1) is 0 Å². The molecule has 0 aromatic carbocycles. The molecule has 9 heteroatoms. The summed E-state index contributed by atoms with van der Waals surface area (Å²) in [5, 5.41) is 24.6. The molecule has 0 amide bonds. The first-order valence-electron chi connectivity index (χ1n) is 13.0. The van der Waals surface area contributed by atoms with E-state index < -0.39 is 75.0 Å². The molecule has 1 spiro atoms. The van der Waals surface area contributed by atoms with E-state index in [-0.39, 0.29) is 37.0 Å². The number of Topliss-reactive ketones (excluding diaryl/α,β-unsaturated/α-hetero) is 1. The van der Waals surface area contributed by atoms with Crippen LogP contribution >= 0.6 is 0 Å². The highest BCUT2D eigenvalue weighted by Crippen LogP contribution is 2.73. The van der Waals surface area contributed by atoms with Gasteiger partial charge >= 0.3 is 11.9 Å². The normalized spacial score (nSPS) is 55.4. The molecule has 3 unspecified atom stereocenters. The van der Waals surface area contributed by atoms with E-state index in [1.807, 2.05) is 6.08 Å². The second-order valence-corrected chi connectivity index (χ2v) is 12.6. The van der Waals surface area contributed by atoms with Crippen molar-refractivity contribution in [2.75, 3.05) is 0 Å². The van der Waals surface area contributed by atoms with E-state index in [9.17, 15) is 29.4 Å². The lowest BCUT2D eigenvalue weighted by atomic mass is 9.47. The van der Waals surface area contributed by atoms with Gasteiger partial charge in [-0.05, 0) is 57.9 Å². The quantitative estimate of drug-likeness (QED) is 0.282. The van der Waals surface area contributed by atoms with Gasteiger partial charge in [0.15, 0.2) is 28.4 Å². The van der Waals surface area contributed by atoms with Crippen LogP contribution in [-0.2, 0) is 33.4 Å². The maximum Gasteiger partial charge on any atom is 0.342 e. The molecule has 9 nitrogen and oxygen atoms in total. The highest BCUT2D eigenvalue weighted by molar-refractivity contribution is 6.02. The molecule has 4 saturated heterocycles. The molecule has 7 rings (SSSR count). The third-order valence-corrected chi connectivity index (χ3v) is 11.3. The number of fused-ring (bicyclic) bond motifs is 9. The van der Waals surface area contributed by atoms with Crippen LogP contribution in [0.3, 0.4) is 0 Å². The minimum Gasteiger partial charge on any atom is -0.455 e. The van der Waals surface area contributed by atoms with Crippen molar-refractivity contribution in [3.05, 3.63) is 36.0 Å². The largest absolute Gasteiger partial charge is 0.455 e. The summed E-state index contributed by atoms with van der Waals surface area (Å²) in [6, 6.07) is 0. The van der Waals surface area contributed by atoms with Gasteiger partial charge in [-0.2, -0.15) is 0 Å². The lowest BCUT2D eigenvalue weighted by Crippen LogP contribution is -2.77. The molecule has 4 heterocycles. The Morgan fingerprint density at radius 2 is 1.81 bits per heavy atom. The molecule has 196 valence electrons. The zero-order chi connectivity index (χ0) is 26.6. The maximum atomic E-state index is 14.5. The van der Waals surface area contributed by atoms with Gasteiger partial charge in [-0.25, -0.2) is 9.59 Å². The van der Waals surface area contributed by atoms with Crippen LogP contribution in [-0.4, -0.2) is 62.4 Å². The van der Waals surface area contributed by atoms with Gasteiger partial charge in [0.1, 0.15) is 6.10 Å². The summed E-state index contributed by atoms with van der Waals surface area (Å²) < 4.78 is 18.0. The van der Waals surface area contributed by atoms with E-state index in [1.54, 1.807) is 19.9 Å². The highest BCUT2D eigenvalue weighted by Gasteiger charge is 2.91. The van der Waals surface area contributed by atoms with Crippen LogP contribution in [0.4, 0.5) is 0 Å². The van der Waals surface area contributed by atoms with Crippen LogP contribution in [0.15, 0.2) is 36.0 Å². The van der Waals surface area contributed by atoms with Crippen LogP contribution < -0.4 is 0 Å². The standard InChI is InChI=1S/C28H30O9/c1-13-21(31)35-18-12-23(13,2)19-20(30)27(34)16-9-8-14-6-5-7-17(29)24(14,3)15(16)10-11-26(33)22(32)36-25(18,4)28(19,26)37-27/h5,7-8,15-16,18-19,33-34H,1,6,9-12H2,2-4H3/t15?,16?,18-,19?,23-,24+,25+,26+,27-,28+/m1/s1. The fourth-order valence-electron chi connectivity index (χ4n) is 9.22. The van der Waals surface area contributed by atoms with Gasteiger partial charge in [0.05, 0.1) is 11.3 Å². The van der Waals surface area contributed by atoms with Gasteiger partial charge < -0.3 is 24.4 Å². The molecule has 4 bridgehead atoms. The Hall–Kier alpha value is -2.62. The summed E-state index contributed by atoms with van der Waals surface area (Å²) in [6.45, 7) is 8.91. The van der Waals surface area contributed by atoms with Crippen molar-refractivity contribution < 1.29 is 43.6 Å². The Labute approximate surface area is 213 Å². The first-order chi connectivity index (χ1) is 17.2. The zero-order valence-corrected chi connectivity index (χ0v) is 21.0. The molecule has 10 atom stereocenters. The molecule has 37 heavy (non-hydrogen) atoms. The predicted octanol–water partition coefficient (Wildman–Crippen LogP) is 1.46. The molecule has 5 fully saturated rings. The highest BCUT2D eigenvalue weighted by atomic mass is 16.7. The molecule has 0 radical (unpaired) electrons. The zero-order valence-electron chi connectivity index (χ0n) is 21.0. The Bertz CT molecular complexity index is 1310. The number of carbonyl (C=O) groups excluding carboxylic acids is 4. The van der Waals surface area contributed by atoms with E-state index in [1.165, 1.54) is 13.0 Å². The second-order valence-electron chi connectivity index (χ2n) is 12.6. The molecular formula is C28H30O9. The van der Waals surface area contributed by atoms with Crippen molar-refractivity contribution in [2.45, 2.75) is 81.6 Å². The number of hydrogen-bond donors (Lipinski definition) is 2. The molecule has 0 aromatic heterocycles. The first kappa shape index (κ1) is 23.5. The molecule has 3 aliphatic carbocycles. The summed E-state index contributed by atoms with van der Waals surface area (Å²) in [6.07, 6.45) is 5.20. The minimum absolute atomic E-state index is 0.0271. The SMILES string of the molecule is C=C1C(=O)O[C@@H]2C[C@@]1(C)C1C(=O)[C@]3(O)O[C@]14[C@@]2(C)OC(=O)[C@@]4(O)CCC1C3CC=C2CC=CC(=O)[C@@]21C. The van der Waals surface area contributed by atoms with Crippen LogP contribution in [0.25, 0.3) is 0 Å². The second kappa shape index (κ2) is 6.33. The number of ketones is 2. The number of allylic oxidation sites excluding steroid dienone is 4. The Morgan fingerprint density at radius 3 is 2.54 bits per heavy atom. The summed E-state index contributed by atoms with van der Waals surface area (Å²) in [4.78, 5) is 54.3. The minimum atomic E-state index is -2.44. The van der Waals surface area contributed by atoms with E-state index in [0.717, 1.165) is 5.57 Å². The number of hydrogen-bond acceptors (Lipinski definition) is 9. The number of rotatable bonds is 0. The monoisotopic (exact) mass is 510 g/mol. The van der Waals surface area contributed by atoms with Gasteiger partial charge in [0.25, 0.3) is 0 Å².